The van der Waals surface area contributed by atoms with Crippen LogP contribution in [0.1, 0.15) is 40.2 Å². The third kappa shape index (κ3) is 5.33. The van der Waals surface area contributed by atoms with Crippen LogP contribution in [-0.2, 0) is 16.1 Å². The van der Waals surface area contributed by atoms with Gasteiger partial charge in [0.25, 0.3) is 0 Å². The topological polar surface area (TPSA) is 32.8 Å². The first-order chi connectivity index (χ1) is 10.7. The van der Waals surface area contributed by atoms with Crippen LogP contribution in [0.15, 0.2) is 30.3 Å². The molecule has 1 aromatic rings. The lowest BCUT2D eigenvalue weighted by atomic mass is 10.0. The van der Waals surface area contributed by atoms with E-state index in [1.807, 2.05) is 23.1 Å². The van der Waals surface area contributed by atoms with Crippen LogP contribution in [0.5, 0.6) is 0 Å². The lowest BCUT2D eigenvalue weighted by Crippen LogP contribution is -2.54. The van der Waals surface area contributed by atoms with Gasteiger partial charge in [-0.25, -0.2) is 0 Å². The monoisotopic (exact) mass is 318 g/mol. The Kier molecular flexibility index (Phi) is 5.48. The highest BCUT2D eigenvalue weighted by Gasteiger charge is 2.32. The largest absolute Gasteiger partial charge is 0.373 e. The van der Waals surface area contributed by atoms with E-state index in [0.29, 0.717) is 19.7 Å². The molecule has 0 aromatic heterocycles. The summed E-state index contributed by atoms with van der Waals surface area (Å²) in [5.41, 5.74) is 0.789. The fourth-order valence-electron chi connectivity index (χ4n) is 2.99. The minimum atomic E-state index is -0.200. The van der Waals surface area contributed by atoms with Crippen molar-refractivity contribution in [3.63, 3.8) is 0 Å². The summed E-state index contributed by atoms with van der Waals surface area (Å²) < 4.78 is 5.73. The van der Waals surface area contributed by atoms with Crippen molar-refractivity contribution in [2.24, 2.45) is 0 Å². The molecule has 1 saturated heterocycles. The van der Waals surface area contributed by atoms with Crippen molar-refractivity contribution in [1.29, 1.82) is 0 Å². The fourth-order valence-corrected chi connectivity index (χ4v) is 2.99. The van der Waals surface area contributed by atoms with Crippen molar-refractivity contribution in [3.8, 4) is 0 Å². The van der Waals surface area contributed by atoms with E-state index in [9.17, 15) is 4.79 Å². The minimum Gasteiger partial charge on any atom is -0.373 e. The van der Waals surface area contributed by atoms with Crippen LogP contribution in [-0.4, -0.2) is 53.1 Å². The van der Waals surface area contributed by atoms with Gasteiger partial charge < -0.3 is 9.64 Å². The van der Waals surface area contributed by atoms with Crippen LogP contribution in [0, 0.1) is 0 Å². The van der Waals surface area contributed by atoms with Gasteiger partial charge in [-0.3, -0.25) is 9.69 Å². The second-order valence-corrected chi connectivity index (χ2v) is 7.96. The van der Waals surface area contributed by atoms with Crippen LogP contribution >= 0.6 is 0 Å². The molecule has 1 fully saturated rings. The molecule has 0 spiro atoms. The molecule has 1 heterocycles. The predicted molar refractivity (Wildman–Crippen MR) is 93.2 cm³/mol. The van der Waals surface area contributed by atoms with Gasteiger partial charge in [-0.05, 0) is 40.2 Å². The van der Waals surface area contributed by atoms with E-state index in [1.54, 1.807) is 0 Å². The number of rotatable bonds is 4. The van der Waals surface area contributed by atoms with Crippen molar-refractivity contribution in [3.05, 3.63) is 35.9 Å². The summed E-state index contributed by atoms with van der Waals surface area (Å²) in [6, 6.07) is 10.2. The summed E-state index contributed by atoms with van der Waals surface area (Å²) in [6.07, 6.45) is 0. The predicted octanol–water partition coefficient (Wildman–Crippen LogP) is 2.92. The van der Waals surface area contributed by atoms with Gasteiger partial charge in [-0.1, -0.05) is 30.3 Å². The van der Waals surface area contributed by atoms with Gasteiger partial charge in [0.05, 0.1) is 18.8 Å². The highest BCUT2D eigenvalue weighted by atomic mass is 16.5. The molecule has 0 N–H and O–H groups in total. The molecule has 0 aliphatic carbocycles. The van der Waals surface area contributed by atoms with Crippen LogP contribution in [0.3, 0.4) is 0 Å². The third-order valence-corrected chi connectivity index (χ3v) is 4.16. The van der Waals surface area contributed by atoms with Gasteiger partial charge >= 0.3 is 0 Å². The smallest absolute Gasteiger partial charge is 0.237 e. The van der Waals surface area contributed by atoms with Crippen LogP contribution in [0.4, 0.5) is 0 Å². The number of nitrogens with zero attached hydrogens (tertiary/aromatic N) is 2. The van der Waals surface area contributed by atoms with E-state index >= 15 is 0 Å². The summed E-state index contributed by atoms with van der Waals surface area (Å²) in [7, 11) is 0. The van der Waals surface area contributed by atoms with E-state index < -0.39 is 0 Å². The van der Waals surface area contributed by atoms with E-state index in [-0.39, 0.29) is 17.0 Å². The second kappa shape index (κ2) is 7.02. The van der Waals surface area contributed by atoms with Crippen molar-refractivity contribution in [1.82, 2.24) is 9.80 Å². The quantitative estimate of drug-likeness (QED) is 0.856. The Morgan fingerprint density at radius 3 is 2.48 bits per heavy atom. The molecule has 0 bridgehead atoms. The van der Waals surface area contributed by atoms with Gasteiger partial charge in [0.2, 0.25) is 5.91 Å². The average Bonchev–Trinajstić information content (AvgIpc) is 2.43. The SMILES string of the molecule is CC1(C)CN(CC(=O)N(Cc2ccccc2)C(C)(C)C)CCO1. The number of carbonyl (C=O) groups excluding carboxylic acids is 1. The van der Waals surface area contributed by atoms with Crippen LogP contribution < -0.4 is 0 Å². The zero-order valence-corrected chi connectivity index (χ0v) is 15.1. The molecule has 2 rings (SSSR count). The molecule has 1 aliphatic heterocycles. The van der Waals surface area contributed by atoms with Gasteiger partial charge in [-0.15, -0.1) is 0 Å². The summed E-state index contributed by atoms with van der Waals surface area (Å²) in [6.45, 7) is 13.8. The third-order valence-electron chi connectivity index (χ3n) is 4.16. The average molecular weight is 318 g/mol. The maximum absolute atomic E-state index is 12.9. The van der Waals surface area contributed by atoms with Gasteiger partial charge in [0, 0.05) is 25.2 Å². The number of hydrogen-bond donors (Lipinski definition) is 0. The van der Waals surface area contributed by atoms with Crippen molar-refractivity contribution < 1.29 is 9.53 Å². The zero-order valence-electron chi connectivity index (χ0n) is 15.1. The van der Waals surface area contributed by atoms with E-state index in [4.69, 9.17) is 4.74 Å². The molecule has 0 atom stereocenters. The molecular weight excluding hydrogens is 288 g/mol. The van der Waals surface area contributed by atoms with Crippen LogP contribution in [0.2, 0.25) is 0 Å². The molecule has 128 valence electrons. The Hall–Kier alpha value is -1.39. The lowest BCUT2D eigenvalue weighted by Gasteiger charge is -2.41. The molecular formula is C19H30N2O2. The Bertz CT molecular complexity index is 520. The van der Waals surface area contributed by atoms with E-state index in [2.05, 4.69) is 51.7 Å². The van der Waals surface area contributed by atoms with E-state index in [1.165, 1.54) is 0 Å². The highest BCUT2D eigenvalue weighted by molar-refractivity contribution is 5.79. The summed E-state index contributed by atoms with van der Waals surface area (Å²) >= 11 is 0. The molecule has 1 aromatic carbocycles. The molecule has 0 radical (unpaired) electrons. The van der Waals surface area contributed by atoms with Gasteiger partial charge in [0.15, 0.2) is 0 Å². The molecule has 1 aliphatic rings. The first-order valence-corrected chi connectivity index (χ1v) is 8.38. The summed E-state index contributed by atoms with van der Waals surface area (Å²) in [4.78, 5) is 17.1. The van der Waals surface area contributed by atoms with Gasteiger partial charge in [0.1, 0.15) is 0 Å². The summed E-state index contributed by atoms with van der Waals surface area (Å²) in [5.74, 6) is 0.180. The maximum Gasteiger partial charge on any atom is 0.237 e. The van der Waals surface area contributed by atoms with Crippen molar-refractivity contribution in [2.75, 3.05) is 26.2 Å². The molecule has 4 nitrogen and oxygen atoms in total. The van der Waals surface area contributed by atoms with Crippen molar-refractivity contribution in [2.45, 2.75) is 52.3 Å². The first-order valence-electron chi connectivity index (χ1n) is 8.38. The molecule has 0 unspecified atom stereocenters. The molecule has 23 heavy (non-hydrogen) atoms. The van der Waals surface area contributed by atoms with E-state index in [0.717, 1.165) is 18.7 Å². The second-order valence-electron chi connectivity index (χ2n) is 7.96. The Balaban J connectivity index is 2.05. The normalized spacial score (nSPS) is 18.7. The molecule has 0 saturated carbocycles. The van der Waals surface area contributed by atoms with Crippen molar-refractivity contribution >= 4 is 5.91 Å². The number of amides is 1. The Labute approximate surface area is 140 Å². The number of benzene rings is 1. The maximum atomic E-state index is 12.9. The number of carbonyl (C=O) groups is 1. The standard InChI is InChI=1S/C19H30N2O2/c1-18(2,3)21(13-16-9-7-6-8-10-16)17(22)14-20-11-12-23-19(4,5)15-20/h6-10H,11-15H2,1-5H3. The Morgan fingerprint density at radius 1 is 1.26 bits per heavy atom. The lowest BCUT2D eigenvalue weighted by molar-refractivity contribution is -0.142. The Morgan fingerprint density at radius 2 is 1.91 bits per heavy atom. The number of hydrogen-bond acceptors (Lipinski definition) is 3. The minimum absolute atomic E-state index is 0.176. The first kappa shape index (κ1) is 18.0. The fraction of sp³-hybridized carbons (Fsp3) is 0.632. The highest BCUT2D eigenvalue weighted by Crippen LogP contribution is 2.20. The molecule has 1 amide bonds. The van der Waals surface area contributed by atoms with Gasteiger partial charge in [-0.2, -0.15) is 0 Å². The number of ether oxygens (including phenoxy) is 1. The van der Waals surface area contributed by atoms with Crippen LogP contribution in [0.25, 0.3) is 0 Å². The molecule has 4 heteroatoms. The number of morpholine rings is 1. The summed E-state index contributed by atoms with van der Waals surface area (Å²) in [5, 5.41) is 0. The zero-order chi connectivity index (χ0) is 17.1.